The number of hydrogen-bond donors (Lipinski definition) is 1. The van der Waals surface area contributed by atoms with E-state index >= 15 is 0 Å². The minimum Gasteiger partial charge on any atom is -0.469 e. The number of H-pyrrole nitrogens is 1. The Hall–Kier alpha value is -1.41. The van der Waals surface area contributed by atoms with Crippen LogP contribution in [0.15, 0.2) is 6.20 Å². The van der Waals surface area contributed by atoms with Crippen LogP contribution in [0.4, 0.5) is 0 Å². The van der Waals surface area contributed by atoms with Gasteiger partial charge in [-0.2, -0.15) is 9.40 Å². The molecule has 0 amide bonds. The molecule has 23 heavy (non-hydrogen) atoms. The number of aromatic nitrogens is 2. The van der Waals surface area contributed by atoms with Crippen molar-refractivity contribution in [3.8, 4) is 0 Å². The number of sulfonamides is 1. The predicted molar refractivity (Wildman–Crippen MR) is 84.0 cm³/mol. The molecule has 2 aliphatic rings. The maximum atomic E-state index is 12.9. The van der Waals surface area contributed by atoms with Crippen molar-refractivity contribution in [1.29, 1.82) is 0 Å². The molecule has 0 bridgehead atoms. The summed E-state index contributed by atoms with van der Waals surface area (Å²) in [5, 5.41) is 6.97. The van der Waals surface area contributed by atoms with Gasteiger partial charge < -0.3 is 4.74 Å². The van der Waals surface area contributed by atoms with E-state index in [0.29, 0.717) is 25.9 Å². The molecular weight excluding hydrogens is 318 g/mol. The topological polar surface area (TPSA) is 92.4 Å². The van der Waals surface area contributed by atoms with Gasteiger partial charge in [0.05, 0.1) is 24.5 Å². The minimum absolute atomic E-state index is 0.160. The van der Waals surface area contributed by atoms with Crippen LogP contribution in [0.5, 0.6) is 0 Å². The number of aromatic amines is 1. The quantitative estimate of drug-likeness (QED) is 0.827. The van der Waals surface area contributed by atoms with Gasteiger partial charge in [0.1, 0.15) is 0 Å². The molecule has 1 N–H and O–H groups in total. The summed E-state index contributed by atoms with van der Waals surface area (Å²) in [7, 11) is -2.22. The van der Waals surface area contributed by atoms with Gasteiger partial charge in [0.2, 0.25) is 10.0 Å². The van der Waals surface area contributed by atoms with Crippen LogP contribution in [0.1, 0.15) is 37.4 Å². The fraction of sp³-hybridized carbons (Fsp3) is 0.733. The maximum absolute atomic E-state index is 12.9. The molecule has 1 atom stereocenters. The molecule has 1 fully saturated rings. The van der Waals surface area contributed by atoms with Gasteiger partial charge in [0, 0.05) is 24.3 Å². The molecule has 0 spiro atoms. The summed E-state index contributed by atoms with van der Waals surface area (Å²) in [5.41, 5.74) is 1.06. The van der Waals surface area contributed by atoms with Gasteiger partial charge in [-0.05, 0) is 25.2 Å². The Morgan fingerprint density at radius 1 is 1.52 bits per heavy atom. The van der Waals surface area contributed by atoms with Gasteiger partial charge in [-0.1, -0.05) is 13.3 Å². The molecule has 1 aliphatic carbocycles. The normalized spacial score (nSPS) is 24.3. The third-order valence-electron chi connectivity index (χ3n) is 5.00. The largest absolute Gasteiger partial charge is 0.469 e. The first kappa shape index (κ1) is 16.4. The van der Waals surface area contributed by atoms with Crippen LogP contribution in [0.3, 0.4) is 0 Å². The Bertz CT molecular complexity index is 693. The molecular formula is C15H23N3O4S. The number of carbonyl (C=O) groups is 1. The smallest absolute Gasteiger partial charge is 0.312 e. The van der Waals surface area contributed by atoms with Crippen LogP contribution in [0, 0.1) is 11.3 Å². The minimum atomic E-state index is -3.54. The zero-order chi connectivity index (χ0) is 16.7. The van der Waals surface area contributed by atoms with Crippen molar-refractivity contribution >= 4 is 16.0 Å². The summed E-state index contributed by atoms with van der Waals surface area (Å²) in [5.74, 6) is -0.367. The van der Waals surface area contributed by atoms with Gasteiger partial charge in [-0.25, -0.2) is 8.42 Å². The number of carbonyl (C=O) groups excluding carboxylic acids is 1. The first-order valence-electron chi connectivity index (χ1n) is 7.94. The summed E-state index contributed by atoms with van der Waals surface area (Å²) in [6.07, 6.45) is 4.50. The predicted octanol–water partition coefficient (Wildman–Crippen LogP) is 1.08. The van der Waals surface area contributed by atoms with Gasteiger partial charge >= 0.3 is 5.97 Å². The second-order valence-electron chi connectivity index (χ2n) is 6.86. The van der Waals surface area contributed by atoms with Gasteiger partial charge in [0.15, 0.2) is 0 Å². The van der Waals surface area contributed by atoms with Crippen LogP contribution in [0.2, 0.25) is 0 Å². The standard InChI is InChI=1S/C15H23N3O4S/c1-11-6-13-12(7-16-17-13)9-18(8-11)23(20,21)10-15(4-3-5-15)14(19)22-2/h7,11H,3-6,8-10H2,1-2H3,(H,16,17). The SMILES string of the molecule is COC(=O)C1(CS(=O)(=O)N2Cc3cn[nH]c3CC(C)C2)CCC1. The van der Waals surface area contributed by atoms with Gasteiger partial charge in [-0.3, -0.25) is 9.89 Å². The second-order valence-corrected chi connectivity index (χ2v) is 8.83. The highest BCUT2D eigenvalue weighted by Gasteiger charge is 2.49. The van der Waals surface area contributed by atoms with Crippen LogP contribution < -0.4 is 0 Å². The average molecular weight is 341 g/mol. The molecule has 1 unspecified atom stereocenters. The van der Waals surface area contributed by atoms with E-state index in [9.17, 15) is 13.2 Å². The fourth-order valence-electron chi connectivity index (χ4n) is 3.55. The lowest BCUT2D eigenvalue weighted by atomic mass is 9.70. The molecule has 0 aromatic carbocycles. The number of fused-ring (bicyclic) bond motifs is 1. The molecule has 128 valence electrons. The summed E-state index contributed by atoms with van der Waals surface area (Å²) in [6, 6.07) is 0. The monoisotopic (exact) mass is 341 g/mol. The van der Waals surface area contributed by atoms with Crippen LogP contribution in [0.25, 0.3) is 0 Å². The van der Waals surface area contributed by atoms with Crippen LogP contribution in [-0.4, -0.2) is 48.3 Å². The lowest BCUT2D eigenvalue weighted by Crippen LogP contribution is -2.48. The van der Waals surface area contributed by atoms with E-state index in [1.165, 1.54) is 11.4 Å². The third-order valence-corrected chi connectivity index (χ3v) is 6.99. The van der Waals surface area contributed by atoms with E-state index in [-0.39, 0.29) is 11.7 Å². The molecule has 0 radical (unpaired) electrons. The van der Waals surface area contributed by atoms with Gasteiger partial charge in [0.25, 0.3) is 0 Å². The Morgan fingerprint density at radius 3 is 2.87 bits per heavy atom. The van der Waals surface area contributed by atoms with E-state index in [1.807, 2.05) is 6.92 Å². The zero-order valence-electron chi connectivity index (χ0n) is 13.5. The third kappa shape index (κ3) is 3.01. The second kappa shape index (κ2) is 5.90. The molecule has 1 aromatic rings. The van der Waals surface area contributed by atoms with E-state index in [0.717, 1.165) is 24.1 Å². The van der Waals surface area contributed by atoms with Crippen molar-refractivity contribution in [2.24, 2.45) is 11.3 Å². The molecule has 1 saturated carbocycles. The van der Waals surface area contributed by atoms with Gasteiger partial charge in [-0.15, -0.1) is 0 Å². The number of methoxy groups -OCH3 is 1. The zero-order valence-corrected chi connectivity index (χ0v) is 14.4. The van der Waals surface area contributed by atoms with Crippen molar-refractivity contribution in [1.82, 2.24) is 14.5 Å². The summed E-state index contributed by atoms with van der Waals surface area (Å²) in [6.45, 7) is 2.80. The Balaban J connectivity index is 1.83. The number of hydrogen-bond acceptors (Lipinski definition) is 5. The van der Waals surface area contributed by atoms with E-state index in [2.05, 4.69) is 10.2 Å². The van der Waals surface area contributed by atoms with Crippen molar-refractivity contribution in [2.75, 3.05) is 19.4 Å². The summed E-state index contributed by atoms with van der Waals surface area (Å²) >= 11 is 0. The molecule has 8 heteroatoms. The number of ether oxygens (including phenoxy) is 1. The lowest BCUT2D eigenvalue weighted by Gasteiger charge is -2.39. The highest BCUT2D eigenvalue weighted by atomic mass is 32.2. The number of nitrogens with one attached hydrogen (secondary N) is 1. The van der Waals surface area contributed by atoms with Crippen molar-refractivity contribution in [2.45, 2.75) is 39.2 Å². The summed E-state index contributed by atoms with van der Waals surface area (Å²) < 4.78 is 32.2. The average Bonchev–Trinajstić information content (AvgIpc) is 2.81. The van der Waals surface area contributed by atoms with Crippen molar-refractivity contribution in [3.05, 3.63) is 17.5 Å². The van der Waals surface area contributed by atoms with E-state index in [4.69, 9.17) is 4.74 Å². The number of rotatable bonds is 4. The van der Waals surface area contributed by atoms with Crippen LogP contribution >= 0.6 is 0 Å². The molecule has 0 saturated heterocycles. The Morgan fingerprint density at radius 2 is 2.26 bits per heavy atom. The lowest BCUT2D eigenvalue weighted by molar-refractivity contribution is -0.156. The molecule has 1 aromatic heterocycles. The van der Waals surface area contributed by atoms with Crippen molar-refractivity contribution < 1.29 is 17.9 Å². The maximum Gasteiger partial charge on any atom is 0.312 e. The highest BCUT2D eigenvalue weighted by Crippen LogP contribution is 2.44. The molecule has 1 aliphatic heterocycles. The Kier molecular flexibility index (Phi) is 4.22. The van der Waals surface area contributed by atoms with E-state index in [1.54, 1.807) is 6.20 Å². The first-order valence-corrected chi connectivity index (χ1v) is 9.54. The summed E-state index contributed by atoms with van der Waals surface area (Å²) in [4.78, 5) is 12.0. The number of esters is 1. The molecule has 3 rings (SSSR count). The van der Waals surface area contributed by atoms with Crippen molar-refractivity contribution in [3.63, 3.8) is 0 Å². The number of nitrogens with zero attached hydrogens (tertiary/aromatic N) is 2. The van der Waals surface area contributed by atoms with E-state index < -0.39 is 21.4 Å². The molecule has 7 nitrogen and oxygen atoms in total. The highest BCUT2D eigenvalue weighted by molar-refractivity contribution is 7.89. The Labute approximate surface area is 136 Å². The first-order chi connectivity index (χ1) is 10.9. The van der Waals surface area contributed by atoms with Crippen LogP contribution in [-0.2, 0) is 32.5 Å². The fourth-order valence-corrected chi connectivity index (χ4v) is 5.65. The molecule has 2 heterocycles.